The highest BCUT2D eigenvalue weighted by Gasteiger charge is 2.46. The number of hydrogen-bond acceptors (Lipinski definition) is 5. The fraction of sp³-hybridized carbons (Fsp3) is 0.435. The van der Waals surface area contributed by atoms with Crippen LogP contribution in [0.25, 0.3) is 0 Å². The molecule has 0 aromatic carbocycles. The molecule has 3 aliphatic rings. The molecule has 5 nitrogen and oxygen atoms in total. The second kappa shape index (κ2) is 7.57. The molecular formula is C23H30N2O3. The van der Waals surface area contributed by atoms with E-state index in [1.165, 1.54) is 0 Å². The van der Waals surface area contributed by atoms with Gasteiger partial charge in [0.05, 0.1) is 12.0 Å². The summed E-state index contributed by atoms with van der Waals surface area (Å²) in [6.07, 6.45) is 9.42. The molecule has 3 rings (SSSR count). The number of aliphatic hydroxyl groups excluding tert-OH is 2. The lowest BCUT2D eigenvalue weighted by atomic mass is 9.94. The van der Waals surface area contributed by atoms with E-state index in [1.54, 1.807) is 6.08 Å². The van der Waals surface area contributed by atoms with Gasteiger partial charge in [0.25, 0.3) is 0 Å². The fourth-order valence-corrected chi connectivity index (χ4v) is 3.97. The van der Waals surface area contributed by atoms with Gasteiger partial charge in [-0.1, -0.05) is 12.2 Å². The summed E-state index contributed by atoms with van der Waals surface area (Å²) in [7, 11) is 3.98. The molecule has 1 aliphatic carbocycles. The van der Waals surface area contributed by atoms with Gasteiger partial charge in [-0.25, -0.2) is 0 Å². The lowest BCUT2D eigenvalue weighted by molar-refractivity contribution is -0.127. The summed E-state index contributed by atoms with van der Waals surface area (Å²) in [6, 6.07) is 0. The standard InChI is InChI=1S/C23H30N2O3/c1-13-7-17(8-14(2)24(13)5)11-19-21(26)20(23(28)22(19)27)12-18-9-15(3)25(6)16(4)10-18/h7-12,19-22,26-27H,1-6H3. The monoisotopic (exact) mass is 382 g/mol. The number of ketones is 1. The molecule has 0 aromatic heterocycles. The van der Waals surface area contributed by atoms with Gasteiger partial charge in [-0.15, -0.1) is 0 Å². The number of hydrogen-bond donors (Lipinski definition) is 2. The Morgan fingerprint density at radius 1 is 0.786 bits per heavy atom. The first-order valence-electron chi connectivity index (χ1n) is 9.64. The Bertz CT molecular complexity index is 828. The second-order valence-electron chi connectivity index (χ2n) is 8.04. The topological polar surface area (TPSA) is 64.0 Å². The first kappa shape index (κ1) is 20.4. The zero-order chi connectivity index (χ0) is 20.7. The van der Waals surface area contributed by atoms with Crippen LogP contribution >= 0.6 is 0 Å². The van der Waals surface area contributed by atoms with Crippen LogP contribution in [-0.2, 0) is 4.79 Å². The van der Waals surface area contributed by atoms with Crippen LogP contribution in [0.3, 0.4) is 0 Å². The van der Waals surface area contributed by atoms with Gasteiger partial charge in [0, 0.05) is 42.8 Å². The SMILES string of the molecule is CC1=CC(=CC2C(=O)C(O)C(C=C3C=C(C)N(C)C(C)=C3)C2O)C=C(C)N1C. The van der Waals surface area contributed by atoms with Crippen molar-refractivity contribution in [2.24, 2.45) is 11.8 Å². The third-order valence-corrected chi connectivity index (χ3v) is 6.12. The molecule has 2 N–H and O–H groups in total. The molecule has 2 aliphatic heterocycles. The Balaban J connectivity index is 1.90. The molecule has 4 atom stereocenters. The predicted octanol–water partition coefficient (Wildman–Crippen LogP) is 2.88. The predicted molar refractivity (Wildman–Crippen MR) is 111 cm³/mol. The summed E-state index contributed by atoms with van der Waals surface area (Å²) in [5.41, 5.74) is 6.08. The third kappa shape index (κ3) is 3.64. The van der Waals surface area contributed by atoms with Crippen LogP contribution in [0.4, 0.5) is 0 Å². The van der Waals surface area contributed by atoms with E-state index in [0.717, 1.165) is 33.9 Å². The van der Waals surface area contributed by atoms with E-state index in [4.69, 9.17) is 0 Å². The van der Waals surface area contributed by atoms with E-state index in [0.29, 0.717) is 0 Å². The molecule has 0 radical (unpaired) electrons. The lowest BCUT2D eigenvalue weighted by Gasteiger charge is -2.26. The molecule has 1 saturated carbocycles. The van der Waals surface area contributed by atoms with Crippen LogP contribution in [0.5, 0.6) is 0 Å². The average molecular weight is 383 g/mol. The van der Waals surface area contributed by atoms with Gasteiger partial charge < -0.3 is 20.0 Å². The number of aliphatic hydroxyl groups is 2. The highest BCUT2D eigenvalue weighted by Crippen LogP contribution is 2.35. The van der Waals surface area contributed by atoms with Crippen LogP contribution in [-0.4, -0.2) is 52.1 Å². The average Bonchev–Trinajstić information content (AvgIpc) is 2.82. The summed E-state index contributed by atoms with van der Waals surface area (Å²) >= 11 is 0. The van der Waals surface area contributed by atoms with Crippen LogP contribution in [0, 0.1) is 11.8 Å². The quantitative estimate of drug-likeness (QED) is 0.769. The normalized spacial score (nSPS) is 30.8. The Labute approximate surface area is 167 Å². The van der Waals surface area contributed by atoms with Gasteiger partial charge in [0.2, 0.25) is 0 Å². The molecule has 0 aromatic rings. The van der Waals surface area contributed by atoms with E-state index >= 15 is 0 Å². The van der Waals surface area contributed by atoms with E-state index < -0.39 is 24.0 Å². The molecule has 0 spiro atoms. The van der Waals surface area contributed by atoms with Crippen molar-refractivity contribution in [3.05, 3.63) is 70.4 Å². The van der Waals surface area contributed by atoms with E-state index in [-0.39, 0.29) is 5.78 Å². The molecular weight excluding hydrogens is 352 g/mol. The zero-order valence-electron chi connectivity index (χ0n) is 17.5. The van der Waals surface area contributed by atoms with Crippen molar-refractivity contribution in [3.63, 3.8) is 0 Å². The van der Waals surface area contributed by atoms with Crippen molar-refractivity contribution in [1.82, 2.24) is 9.80 Å². The summed E-state index contributed by atoms with van der Waals surface area (Å²) in [4.78, 5) is 16.8. The van der Waals surface area contributed by atoms with Gasteiger partial charge in [0.1, 0.15) is 6.10 Å². The van der Waals surface area contributed by atoms with E-state index in [2.05, 4.69) is 9.80 Å². The molecule has 0 saturated heterocycles. The first-order valence-corrected chi connectivity index (χ1v) is 9.64. The van der Waals surface area contributed by atoms with Gasteiger partial charge in [0.15, 0.2) is 5.78 Å². The summed E-state index contributed by atoms with van der Waals surface area (Å²) in [6.45, 7) is 8.02. The van der Waals surface area contributed by atoms with E-state index in [1.807, 2.05) is 72.2 Å². The van der Waals surface area contributed by atoms with Crippen molar-refractivity contribution in [3.8, 4) is 0 Å². The van der Waals surface area contributed by atoms with E-state index in [9.17, 15) is 15.0 Å². The Morgan fingerprint density at radius 3 is 1.61 bits per heavy atom. The van der Waals surface area contributed by atoms with Crippen molar-refractivity contribution in [2.45, 2.75) is 39.9 Å². The number of carbonyl (C=O) groups is 1. The van der Waals surface area contributed by atoms with Crippen LogP contribution in [0.15, 0.2) is 70.4 Å². The summed E-state index contributed by atoms with van der Waals surface area (Å²) in [5, 5.41) is 21.4. The molecule has 150 valence electrons. The Kier molecular flexibility index (Phi) is 5.50. The van der Waals surface area contributed by atoms with Gasteiger partial charge in [-0.05, 0) is 63.1 Å². The molecule has 2 heterocycles. The van der Waals surface area contributed by atoms with Crippen LogP contribution in [0.1, 0.15) is 27.7 Å². The zero-order valence-corrected chi connectivity index (χ0v) is 17.5. The van der Waals surface area contributed by atoms with Crippen LogP contribution < -0.4 is 0 Å². The Morgan fingerprint density at radius 2 is 1.18 bits per heavy atom. The van der Waals surface area contributed by atoms with Crippen molar-refractivity contribution >= 4 is 5.78 Å². The van der Waals surface area contributed by atoms with Crippen molar-refractivity contribution < 1.29 is 15.0 Å². The van der Waals surface area contributed by atoms with Crippen LogP contribution in [0.2, 0.25) is 0 Å². The minimum Gasteiger partial charge on any atom is -0.391 e. The maximum Gasteiger partial charge on any atom is 0.171 e. The number of rotatable bonds is 2. The molecule has 4 unspecified atom stereocenters. The largest absolute Gasteiger partial charge is 0.391 e. The van der Waals surface area contributed by atoms with Gasteiger partial charge in [-0.2, -0.15) is 0 Å². The first-order chi connectivity index (χ1) is 13.1. The van der Waals surface area contributed by atoms with Crippen molar-refractivity contribution in [2.75, 3.05) is 14.1 Å². The third-order valence-electron chi connectivity index (χ3n) is 6.12. The second-order valence-corrected chi connectivity index (χ2v) is 8.04. The molecule has 28 heavy (non-hydrogen) atoms. The fourth-order valence-electron chi connectivity index (χ4n) is 3.97. The maximum atomic E-state index is 12.7. The minimum absolute atomic E-state index is 0.327. The Hall–Kier alpha value is -2.37. The molecule has 0 bridgehead atoms. The van der Waals surface area contributed by atoms with Gasteiger partial charge >= 0.3 is 0 Å². The smallest absolute Gasteiger partial charge is 0.171 e. The highest BCUT2D eigenvalue weighted by molar-refractivity contribution is 5.91. The summed E-state index contributed by atoms with van der Waals surface area (Å²) in [5.74, 6) is -1.67. The number of allylic oxidation sites excluding steroid dienone is 10. The number of Topliss-reactive ketones (excluding diaryl/α,β-unsaturated/α-hetero) is 1. The van der Waals surface area contributed by atoms with Gasteiger partial charge in [-0.3, -0.25) is 4.79 Å². The lowest BCUT2D eigenvalue weighted by Crippen LogP contribution is -2.24. The molecule has 5 heteroatoms. The summed E-state index contributed by atoms with van der Waals surface area (Å²) < 4.78 is 0. The molecule has 1 fully saturated rings. The number of nitrogens with zero attached hydrogens (tertiary/aromatic N) is 2. The number of carbonyl (C=O) groups excluding carboxylic acids is 1. The van der Waals surface area contributed by atoms with Crippen molar-refractivity contribution in [1.29, 1.82) is 0 Å². The minimum atomic E-state index is -1.20. The molecule has 0 amide bonds. The highest BCUT2D eigenvalue weighted by atomic mass is 16.3. The maximum absolute atomic E-state index is 12.7.